The standard InChI is InChI=1S/C11H10ClN3O3/c1-18-9-3-2-7(5-13-9)6-15-10(16)4-8(12)14-11(15)17/h2-5H,6H2,1H3,(H,14,17). The van der Waals surface area contributed by atoms with E-state index in [2.05, 4.69) is 9.97 Å². The van der Waals surface area contributed by atoms with Crippen molar-refractivity contribution < 1.29 is 4.74 Å². The van der Waals surface area contributed by atoms with E-state index in [4.69, 9.17) is 16.3 Å². The van der Waals surface area contributed by atoms with Gasteiger partial charge in [0.2, 0.25) is 5.88 Å². The zero-order valence-electron chi connectivity index (χ0n) is 9.51. The molecule has 0 amide bonds. The Morgan fingerprint density at radius 2 is 2.22 bits per heavy atom. The number of ether oxygens (including phenoxy) is 1. The van der Waals surface area contributed by atoms with E-state index in [0.717, 1.165) is 10.6 Å². The van der Waals surface area contributed by atoms with Crippen LogP contribution in [0.1, 0.15) is 5.56 Å². The van der Waals surface area contributed by atoms with E-state index in [0.29, 0.717) is 11.4 Å². The lowest BCUT2D eigenvalue weighted by atomic mass is 10.3. The van der Waals surface area contributed by atoms with Crippen molar-refractivity contribution in [3.63, 3.8) is 0 Å². The number of halogens is 1. The van der Waals surface area contributed by atoms with E-state index >= 15 is 0 Å². The van der Waals surface area contributed by atoms with E-state index in [9.17, 15) is 9.59 Å². The van der Waals surface area contributed by atoms with Gasteiger partial charge in [-0.15, -0.1) is 0 Å². The van der Waals surface area contributed by atoms with Crippen LogP contribution in [0, 0.1) is 0 Å². The Balaban J connectivity index is 2.34. The van der Waals surface area contributed by atoms with E-state index in [-0.39, 0.29) is 11.7 Å². The summed E-state index contributed by atoms with van der Waals surface area (Å²) < 4.78 is 5.95. The summed E-state index contributed by atoms with van der Waals surface area (Å²) in [5.41, 5.74) is -0.298. The second-order valence-electron chi connectivity index (χ2n) is 3.56. The van der Waals surface area contributed by atoms with Crippen molar-refractivity contribution in [1.82, 2.24) is 14.5 Å². The van der Waals surface area contributed by atoms with Gasteiger partial charge in [0.1, 0.15) is 5.15 Å². The summed E-state index contributed by atoms with van der Waals surface area (Å²) in [7, 11) is 1.51. The van der Waals surface area contributed by atoms with Crippen LogP contribution in [0.4, 0.5) is 0 Å². The molecular weight excluding hydrogens is 258 g/mol. The smallest absolute Gasteiger partial charge is 0.329 e. The summed E-state index contributed by atoms with van der Waals surface area (Å²) in [6.45, 7) is 0.127. The summed E-state index contributed by atoms with van der Waals surface area (Å²) >= 11 is 5.57. The third kappa shape index (κ3) is 2.60. The van der Waals surface area contributed by atoms with Gasteiger partial charge in [-0.2, -0.15) is 0 Å². The first-order valence-electron chi connectivity index (χ1n) is 5.09. The number of nitrogens with zero attached hydrogens (tertiary/aromatic N) is 2. The first-order chi connectivity index (χ1) is 8.60. The molecule has 0 atom stereocenters. The van der Waals surface area contributed by atoms with Gasteiger partial charge in [-0.25, -0.2) is 9.78 Å². The maximum atomic E-state index is 11.6. The Bertz CT molecular complexity index is 629. The minimum absolute atomic E-state index is 0.0223. The SMILES string of the molecule is COc1ccc(Cn2c(=O)cc(Cl)[nH]c2=O)cn1. The monoisotopic (exact) mass is 267 g/mol. The highest BCUT2D eigenvalue weighted by atomic mass is 35.5. The fourth-order valence-corrected chi connectivity index (χ4v) is 1.62. The highest BCUT2D eigenvalue weighted by Crippen LogP contribution is 2.06. The summed E-state index contributed by atoms with van der Waals surface area (Å²) in [4.78, 5) is 29.5. The van der Waals surface area contributed by atoms with Gasteiger partial charge >= 0.3 is 5.69 Å². The van der Waals surface area contributed by atoms with E-state index in [1.54, 1.807) is 18.3 Å². The first-order valence-corrected chi connectivity index (χ1v) is 5.46. The average Bonchev–Trinajstić information content (AvgIpc) is 2.34. The number of methoxy groups -OCH3 is 1. The minimum atomic E-state index is -0.552. The normalized spacial score (nSPS) is 10.3. The van der Waals surface area contributed by atoms with Crippen LogP contribution in [0.2, 0.25) is 5.15 Å². The number of rotatable bonds is 3. The Morgan fingerprint density at radius 1 is 1.44 bits per heavy atom. The van der Waals surface area contributed by atoms with Crippen molar-refractivity contribution in [3.05, 3.63) is 56.0 Å². The fraction of sp³-hybridized carbons (Fsp3) is 0.182. The molecule has 0 aromatic carbocycles. The van der Waals surface area contributed by atoms with Crippen LogP contribution in [-0.4, -0.2) is 21.6 Å². The Kier molecular flexibility index (Phi) is 3.47. The Labute approximate surface area is 107 Å². The van der Waals surface area contributed by atoms with E-state index < -0.39 is 11.2 Å². The largest absolute Gasteiger partial charge is 0.481 e. The number of hydrogen-bond acceptors (Lipinski definition) is 4. The molecule has 0 bridgehead atoms. The summed E-state index contributed by atoms with van der Waals surface area (Å²) in [5.74, 6) is 0.469. The number of aromatic nitrogens is 3. The van der Waals surface area contributed by atoms with Gasteiger partial charge in [0, 0.05) is 18.3 Å². The minimum Gasteiger partial charge on any atom is -0.481 e. The molecule has 0 fully saturated rings. The molecule has 94 valence electrons. The number of H-pyrrole nitrogens is 1. The van der Waals surface area contributed by atoms with Crippen molar-refractivity contribution in [2.45, 2.75) is 6.54 Å². The predicted molar refractivity (Wildman–Crippen MR) is 66.2 cm³/mol. The molecule has 7 heteroatoms. The van der Waals surface area contributed by atoms with Gasteiger partial charge in [-0.1, -0.05) is 17.7 Å². The fourth-order valence-electron chi connectivity index (χ4n) is 1.45. The van der Waals surface area contributed by atoms with Crippen LogP contribution in [0.5, 0.6) is 5.88 Å². The number of aromatic amines is 1. The first kappa shape index (κ1) is 12.4. The number of nitrogens with one attached hydrogen (secondary N) is 1. The van der Waals surface area contributed by atoms with Gasteiger partial charge in [-0.05, 0) is 5.56 Å². The van der Waals surface area contributed by atoms with Gasteiger partial charge in [0.25, 0.3) is 5.56 Å². The lowest BCUT2D eigenvalue weighted by Gasteiger charge is -2.05. The van der Waals surface area contributed by atoms with Gasteiger partial charge in [0.15, 0.2) is 0 Å². The van der Waals surface area contributed by atoms with Crippen LogP contribution >= 0.6 is 11.6 Å². The molecule has 2 rings (SSSR count). The molecule has 2 aromatic rings. The molecule has 0 unspecified atom stereocenters. The van der Waals surface area contributed by atoms with Crippen LogP contribution in [0.15, 0.2) is 34.0 Å². The van der Waals surface area contributed by atoms with Crippen molar-refractivity contribution in [2.75, 3.05) is 7.11 Å². The molecule has 0 spiro atoms. The van der Waals surface area contributed by atoms with Gasteiger partial charge in [-0.3, -0.25) is 14.3 Å². The van der Waals surface area contributed by atoms with Gasteiger partial charge < -0.3 is 4.74 Å². The average molecular weight is 268 g/mol. The lowest BCUT2D eigenvalue weighted by Crippen LogP contribution is -2.34. The lowest BCUT2D eigenvalue weighted by molar-refractivity contribution is 0.397. The summed E-state index contributed by atoms with van der Waals surface area (Å²) in [6, 6.07) is 4.54. The topological polar surface area (TPSA) is 77.0 Å². The third-order valence-corrected chi connectivity index (χ3v) is 2.54. The quantitative estimate of drug-likeness (QED) is 0.828. The molecule has 0 saturated heterocycles. The molecule has 0 aliphatic carbocycles. The molecule has 2 aromatic heterocycles. The van der Waals surface area contributed by atoms with Crippen LogP contribution in [0.25, 0.3) is 0 Å². The van der Waals surface area contributed by atoms with Crippen molar-refractivity contribution in [1.29, 1.82) is 0 Å². The maximum absolute atomic E-state index is 11.6. The highest BCUT2D eigenvalue weighted by molar-refractivity contribution is 6.29. The Morgan fingerprint density at radius 3 is 2.78 bits per heavy atom. The molecule has 6 nitrogen and oxygen atoms in total. The van der Waals surface area contributed by atoms with Crippen molar-refractivity contribution in [2.24, 2.45) is 0 Å². The summed E-state index contributed by atoms with van der Waals surface area (Å²) in [5, 5.41) is 0.0223. The molecule has 1 N–H and O–H groups in total. The molecule has 2 heterocycles. The van der Waals surface area contributed by atoms with Gasteiger partial charge in [0.05, 0.1) is 13.7 Å². The van der Waals surface area contributed by atoms with Crippen molar-refractivity contribution >= 4 is 11.6 Å². The van der Waals surface area contributed by atoms with Crippen LogP contribution in [0.3, 0.4) is 0 Å². The maximum Gasteiger partial charge on any atom is 0.329 e. The van der Waals surface area contributed by atoms with E-state index in [1.807, 2.05) is 0 Å². The number of hydrogen-bond donors (Lipinski definition) is 1. The third-order valence-electron chi connectivity index (χ3n) is 2.34. The molecular formula is C11H10ClN3O3. The highest BCUT2D eigenvalue weighted by Gasteiger charge is 2.04. The number of pyridine rings is 1. The molecule has 18 heavy (non-hydrogen) atoms. The van der Waals surface area contributed by atoms with Crippen LogP contribution in [-0.2, 0) is 6.54 Å². The molecule has 0 radical (unpaired) electrons. The van der Waals surface area contributed by atoms with Crippen LogP contribution < -0.4 is 16.0 Å². The zero-order chi connectivity index (χ0) is 13.1. The zero-order valence-corrected chi connectivity index (χ0v) is 10.3. The molecule has 0 aliphatic rings. The van der Waals surface area contributed by atoms with E-state index in [1.165, 1.54) is 7.11 Å². The molecule has 0 saturated carbocycles. The van der Waals surface area contributed by atoms with Crippen molar-refractivity contribution in [3.8, 4) is 5.88 Å². The molecule has 0 aliphatic heterocycles. The summed E-state index contributed by atoms with van der Waals surface area (Å²) in [6.07, 6.45) is 1.54. The Hall–Kier alpha value is -2.08. The predicted octanol–water partition coefficient (Wildman–Crippen LogP) is 0.642. The second kappa shape index (κ2) is 5.05. The second-order valence-corrected chi connectivity index (χ2v) is 3.96.